The maximum Gasteiger partial charge on any atom is 0.472 e. The average molecular weight is 1250 g/mol. The number of phosphoric acid groups is 1. The van der Waals surface area contributed by atoms with Crippen molar-refractivity contribution in [2.24, 2.45) is 0 Å². The van der Waals surface area contributed by atoms with Crippen LogP contribution in [0.25, 0.3) is 0 Å². The summed E-state index contributed by atoms with van der Waals surface area (Å²) in [7, 11) is 1.50. The Morgan fingerprint density at radius 1 is 0.356 bits per heavy atom. The van der Waals surface area contributed by atoms with Crippen LogP contribution in [0.5, 0.6) is 0 Å². The number of carbonyl (C=O) groups is 2. The van der Waals surface area contributed by atoms with E-state index in [1.165, 1.54) is 334 Å². The minimum absolute atomic E-state index is 0.0342. The third-order valence-electron chi connectivity index (χ3n) is 17.7. The van der Waals surface area contributed by atoms with Crippen molar-refractivity contribution in [3.8, 4) is 0 Å². The van der Waals surface area contributed by atoms with Gasteiger partial charge in [0.15, 0.2) is 6.10 Å². The summed E-state index contributed by atoms with van der Waals surface area (Å²) in [6.07, 6.45) is 87.6. The summed E-state index contributed by atoms with van der Waals surface area (Å²) < 4.78 is 34.8. The van der Waals surface area contributed by atoms with Gasteiger partial charge >= 0.3 is 19.8 Å². The van der Waals surface area contributed by atoms with Gasteiger partial charge < -0.3 is 18.9 Å². The van der Waals surface area contributed by atoms with E-state index in [2.05, 4.69) is 38.2 Å². The molecule has 0 aliphatic rings. The SMILES string of the molecule is CCCCCCC/C=C\C/C=C\CCCCCCCCCCCCCC(=O)OC(COC(=O)CCCCCCCCCCCCCCCCCCCCCCCCCCCCCCCCCCCCCCCCCC)COP(=O)(O)OCC[N+](C)(C)C. The third kappa shape index (κ3) is 73.4. The Morgan fingerprint density at radius 2 is 0.621 bits per heavy atom. The standard InChI is InChI=1S/C77H150NO8P/c1-6-8-10-12-14-16-18-20-22-24-26-28-30-31-32-33-34-35-36-37-38-39-40-41-42-43-44-45-46-48-49-51-53-55-57-59-61-63-65-67-69-76(79)83-73-75(74-85-87(81,82)84-72-71-78(3,4)5)86-77(80)70-68-66-64-62-60-58-56-54-52-50-47-29-27-25-23-21-19-17-15-13-11-9-7-2/h19,21,25,27,75H,6-18,20,22-24,26,28-74H2,1-5H3/p+1/b21-19-,27-25-. The molecular formula is C77H151NO8P+. The first-order chi connectivity index (χ1) is 42.5. The van der Waals surface area contributed by atoms with E-state index in [0.717, 1.165) is 38.5 Å². The van der Waals surface area contributed by atoms with Crippen molar-refractivity contribution in [3.63, 3.8) is 0 Å². The Balaban J connectivity index is 3.86. The molecule has 0 rings (SSSR count). The van der Waals surface area contributed by atoms with E-state index in [4.69, 9.17) is 18.5 Å². The molecule has 0 amide bonds. The van der Waals surface area contributed by atoms with E-state index in [9.17, 15) is 19.0 Å². The molecule has 0 aromatic heterocycles. The van der Waals surface area contributed by atoms with Gasteiger partial charge in [-0.05, 0) is 44.9 Å². The predicted molar refractivity (Wildman–Crippen MR) is 377 cm³/mol. The number of hydrogen-bond acceptors (Lipinski definition) is 7. The molecule has 0 aromatic carbocycles. The van der Waals surface area contributed by atoms with Gasteiger partial charge in [-0.2, -0.15) is 0 Å². The van der Waals surface area contributed by atoms with Crippen LogP contribution in [-0.2, 0) is 32.7 Å². The average Bonchev–Trinajstić information content (AvgIpc) is 3.68. The van der Waals surface area contributed by atoms with E-state index in [-0.39, 0.29) is 25.6 Å². The molecule has 2 atom stereocenters. The zero-order valence-electron chi connectivity index (χ0n) is 59.0. The highest BCUT2D eigenvalue weighted by Gasteiger charge is 2.27. The van der Waals surface area contributed by atoms with Crippen molar-refractivity contribution in [1.82, 2.24) is 0 Å². The Labute approximate surface area is 542 Å². The number of esters is 2. The van der Waals surface area contributed by atoms with Crippen molar-refractivity contribution in [2.45, 2.75) is 412 Å². The van der Waals surface area contributed by atoms with Crippen LogP contribution in [0, 0.1) is 0 Å². The predicted octanol–water partition coefficient (Wildman–Crippen LogP) is 25.2. The first kappa shape index (κ1) is 85.5. The Bertz CT molecular complexity index is 1510. The number of unbranched alkanes of at least 4 members (excludes halogenated alkanes) is 55. The number of ether oxygens (including phenoxy) is 2. The molecule has 10 heteroatoms. The molecule has 0 heterocycles. The van der Waals surface area contributed by atoms with Crippen molar-refractivity contribution < 1.29 is 42.1 Å². The normalized spacial score (nSPS) is 13.1. The van der Waals surface area contributed by atoms with E-state index >= 15 is 0 Å². The molecule has 0 aliphatic heterocycles. The van der Waals surface area contributed by atoms with Gasteiger partial charge in [0.05, 0.1) is 27.7 Å². The van der Waals surface area contributed by atoms with Crippen molar-refractivity contribution in [3.05, 3.63) is 24.3 Å². The number of allylic oxidation sites excluding steroid dienone is 4. The highest BCUT2D eigenvalue weighted by atomic mass is 31.2. The molecule has 0 spiro atoms. The van der Waals surface area contributed by atoms with Crippen LogP contribution in [0.4, 0.5) is 0 Å². The van der Waals surface area contributed by atoms with E-state index in [0.29, 0.717) is 23.9 Å². The molecule has 0 bridgehead atoms. The number of carbonyl (C=O) groups excluding carboxylic acids is 2. The fourth-order valence-corrected chi connectivity index (χ4v) is 12.6. The largest absolute Gasteiger partial charge is 0.472 e. The molecule has 0 radical (unpaired) electrons. The van der Waals surface area contributed by atoms with Gasteiger partial charge in [0.25, 0.3) is 0 Å². The first-order valence-corrected chi connectivity index (χ1v) is 40.1. The summed E-state index contributed by atoms with van der Waals surface area (Å²) in [6, 6.07) is 0. The van der Waals surface area contributed by atoms with Gasteiger partial charge in [-0.15, -0.1) is 0 Å². The van der Waals surface area contributed by atoms with Crippen LogP contribution < -0.4 is 0 Å². The summed E-state index contributed by atoms with van der Waals surface area (Å²) in [5.41, 5.74) is 0. The maximum absolute atomic E-state index is 12.9. The number of nitrogens with zero attached hydrogens (tertiary/aromatic N) is 1. The molecule has 0 saturated carbocycles. The lowest BCUT2D eigenvalue weighted by atomic mass is 10.0. The van der Waals surface area contributed by atoms with Gasteiger partial charge in [0.2, 0.25) is 0 Å². The van der Waals surface area contributed by atoms with Crippen LogP contribution in [0.2, 0.25) is 0 Å². The minimum atomic E-state index is -4.39. The van der Waals surface area contributed by atoms with Crippen LogP contribution in [0.3, 0.4) is 0 Å². The number of phosphoric ester groups is 1. The first-order valence-electron chi connectivity index (χ1n) is 38.6. The number of likely N-dealkylation sites (N-methyl/N-ethyl adjacent to an activating group) is 1. The summed E-state index contributed by atoms with van der Waals surface area (Å²) in [5, 5.41) is 0. The molecule has 0 aromatic rings. The van der Waals surface area contributed by atoms with Gasteiger partial charge in [0, 0.05) is 12.8 Å². The fraction of sp³-hybridized carbons (Fsp3) is 0.922. The van der Waals surface area contributed by atoms with Gasteiger partial charge in [0.1, 0.15) is 19.8 Å². The topological polar surface area (TPSA) is 108 Å². The molecule has 0 aliphatic carbocycles. The summed E-state index contributed by atoms with van der Waals surface area (Å²) in [4.78, 5) is 35.9. The molecule has 0 fully saturated rings. The second kappa shape index (κ2) is 68.8. The molecule has 2 unspecified atom stereocenters. The van der Waals surface area contributed by atoms with Crippen LogP contribution in [0.15, 0.2) is 24.3 Å². The maximum atomic E-state index is 12.9. The fourth-order valence-electron chi connectivity index (χ4n) is 11.8. The van der Waals surface area contributed by atoms with Crippen LogP contribution in [0.1, 0.15) is 406 Å². The lowest BCUT2D eigenvalue weighted by Crippen LogP contribution is -2.37. The molecule has 9 nitrogen and oxygen atoms in total. The van der Waals surface area contributed by atoms with E-state index in [1.807, 2.05) is 21.1 Å². The minimum Gasteiger partial charge on any atom is -0.462 e. The molecule has 516 valence electrons. The number of quaternary nitrogens is 1. The number of rotatable bonds is 73. The number of hydrogen-bond donors (Lipinski definition) is 1. The lowest BCUT2D eigenvalue weighted by molar-refractivity contribution is -0.870. The highest BCUT2D eigenvalue weighted by molar-refractivity contribution is 7.47. The van der Waals surface area contributed by atoms with E-state index in [1.54, 1.807) is 0 Å². The Hall–Kier alpha value is -1.51. The highest BCUT2D eigenvalue weighted by Crippen LogP contribution is 2.43. The van der Waals surface area contributed by atoms with Crippen molar-refractivity contribution in [2.75, 3.05) is 47.5 Å². The monoisotopic (exact) mass is 1250 g/mol. The molecular weight excluding hydrogens is 1100 g/mol. The molecule has 87 heavy (non-hydrogen) atoms. The summed E-state index contributed by atoms with van der Waals surface area (Å²) in [6.45, 7) is 4.50. The Kier molecular flexibility index (Phi) is 67.7. The second-order valence-electron chi connectivity index (χ2n) is 27.8. The second-order valence-corrected chi connectivity index (χ2v) is 29.2. The lowest BCUT2D eigenvalue weighted by Gasteiger charge is -2.24. The molecule has 0 saturated heterocycles. The van der Waals surface area contributed by atoms with E-state index < -0.39 is 26.5 Å². The smallest absolute Gasteiger partial charge is 0.462 e. The quantitative estimate of drug-likeness (QED) is 0.0211. The van der Waals surface area contributed by atoms with Gasteiger partial charge in [-0.1, -0.05) is 372 Å². The van der Waals surface area contributed by atoms with Gasteiger partial charge in [-0.25, -0.2) is 4.57 Å². The van der Waals surface area contributed by atoms with Crippen LogP contribution in [-0.4, -0.2) is 74.9 Å². The molecule has 1 N–H and O–H groups in total. The third-order valence-corrected chi connectivity index (χ3v) is 18.7. The van der Waals surface area contributed by atoms with Crippen molar-refractivity contribution >= 4 is 19.8 Å². The Morgan fingerprint density at radius 3 is 0.908 bits per heavy atom. The summed E-state index contributed by atoms with van der Waals surface area (Å²) >= 11 is 0. The van der Waals surface area contributed by atoms with Crippen molar-refractivity contribution in [1.29, 1.82) is 0 Å². The zero-order chi connectivity index (χ0) is 63.4. The zero-order valence-corrected chi connectivity index (χ0v) is 59.9. The van der Waals surface area contributed by atoms with Crippen LogP contribution >= 0.6 is 7.82 Å². The summed E-state index contributed by atoms with van der Waals surface area (Å²) in [5.74, 6) is -0.777. The van der Waals surface area contributed by atoms with Gasteiger partial charge in [-0.3, -0.25) is 18.6 Å².